The van der Waals surface area contributed by atoms with E-state index in [1.165, 1.54) is 12.0 Å². The van der Waals surface area contributed by atoms with E-state index in [0.29, 0.717) is 11.8 Å². The maximum absolute atomic E-state index is 11.2. The molecule has 2 heteroatoms. The summed E-state index contributed by atoms with van der Waals surface area (Å²) in [6, 6.07) is 4.16. The van der Waals surface area contributed by atoms with Gasteiger partial charge in [0, 0.05) is 5.56 Å². The van der Waals surface area contributed by atoms with Gasteiger partial charge in [-0.2, -0.15) is 0 Å². The van der Waals surface area contributed by atoms with E-state index in [9.17, 15) is 5.11 Å². The number of rotatable bonds is 3. The summed E-state index contributed by atoms with van der Waals surface area (Å²) in [4.78, 5) is 0. The number of aliphatic hydroxyl groups is 1. The molecule has 2 nitrogen and oxygen atoms in total. The van der Waals surface area contributed by atoms with E-state index >= 15 is 0 Å². The van der Waals surface area contributed by atoms with Crippen molar-refractivity contribution in [1.29, 1.82) is 0 Å². The van der Waals surface area contributed by atoms with Crippen LogP contribution in [0.2, 0.25) is 0 Å². The average Bonchev–Trinajstić information content (AvgIpc) is 2.41. The van der Waals surface area contributed by atoms with Gasteiger partial charge in [-0.05, 0) is 62.5 Å². The highest BCUT2D eigenvalue weighted by molar-refractivity contribution is 5.48. The lowest BCUT2D eigenvalue weighted by Crippen LogP contribution is -2.35. The average molecular weight is 276 g/mol. The fourth-order valence-corrected chi connectivity index (χ4v) is 3.53. The molecular weight excluding hydrogens is 248 g/mol. The smallest absolute Gasteiger partial charge is 0.128 e. The highest BCUT2D eigenvalue weighted by atomic mass is 16.5. The summed E-state index contributed by atoms with van der Waals surface area (Å²) in [6.07, 6.45) is 4.02. The van der Waals surface area contributed by atoms with Gasteiger partial charge >= 0.3 is 0 Å². The minimum absolute atomic E-state index is 0.597. The second kappa shape index (κ2) is 5.77. The van der Waals surface area contributed by atoms with Crippen molar-refractivity contribution in [2.24, 2.45) is 11.8 Å². The van der Waals surface area contributed by atoms with Gasteiger partial charge in [-0.3, -0.25) is 0 Å². The topological polar surface area (TPSA) is 29.5 Å². The van der Waals surface area contributed by atoms with Crippen LogP contribution in [0.3, 0.4) is 0 Å². The summed E-state index contributed by atoms with van der Waals surface area (Å²) >= 11 is 0. The molecular formula is C18H28O2. The van der Waals surface area contributed by atoms with Gasteiger partial charge in [0.25, 0.3) is 0 Å². The van der Waals surface area contributed by atoms with Crippen LogP contribution in [0.1, 0.15) is 56.2 Å². The monoisotopic (exact) mass is 276 g/mol. The molecule has 1 aliphatic rings. The van der Waals surface area contributed by atoms with Crippen molar-refractivity contribution >= 4 is 0 Å². The summed E-state index contributed by atoms with van der Waals surface area (Å²) in [7, 11) is 1.71. The summed E-state index contributed by atoms with van der Waals surface area (Å²) in [6.45, 7) is 8.68. The minimum atomic E-state index is -0.725. The molecule has 0 aliphatic heterocycles. The van der Waals surface area contributed by atoms with E-state index in [-0.39, 0.29) is 0 Å². The summed E-state index contributed by atoms with van der Waals surface area (Å²) in [5, 5.41) is 11.2. The van der Waals surface area contributed by atoms with E-state index in [4.69, 9.17) is 4.74 Å². The SMILES string of the molecule is COc1c(C2(O)CCCC(C(C)C)C2)ccc(C)c1C. The van der Waals surface area contributed by atoms with Crippen LogP contribution in [-0.2, 0) is 5.60 Å². The molecule has 1 aromatic rings. The molecule has 0 bridgehead atoms. The van der Waals surface area contributed by atoms with Crippen LogP contribution in [0.4, 0.5) is 0 Å². The minimum Gasteiger partial charge on any atom is -0.496 e. The van der Waals surface area contributed by atoms with Crippen molar-refractivity contribution in [1.82, 2.24) is 0 Å². The highest BCUT2D eigenvalue weighted by Gasteiger charge is 2.39. The number of methoxy groups -OCH3 is 1. The molecule has 112 valence electrons. The third-order valence-corrected chi connectivity index (χ3v) is 5.09. The van der Waals surface area contributed by atoms with E-state index < -0.39 is 5.60 Å². The van der Waals surface area contributed by atoms with E-state index in [1.54, 1.807) is 7.11 Å². The van der Waals surface area contributed by atoms with Crippen LogP contribution < -0.4 is 4.74 Å². The number of hydrogen-bond donors (Lipinski definition) is 1. The number of benzene rings is 1. The molecule has 20 heavy (non-hydrogen) atoms. The maximum atomic E-state index is 11.2. The zero-order chi connectivity index (χ0) is 14.9. The second-order valence-corrected chi connectivity index (χ2v) is 6.72. The van der Waals surface area contributed by atoms with Gasteiger partial charge in [-0.25, -0.2) is 0 Å². The molecule has 1 fully saturated rings. The van der Waals surface area contributed by atoms with Crippen LogP contribution in [0.15, 0.2) is 12.1 Å². The Bertz CT molecular complexity index is 479. The molecule has 0 amide bonds. The fourth-order valence-electron chi connectivity index (χ4n) is 3.53. The predicted octanol–water partition coefficient (Wildman–Crippen LogP) is 4.35. The molecule has 0 radical (unpaired) electrons. The van der Waals surface area contributed by atoms with Gasteiger partial charge < -0.3 is 9.84 Å². The Kier molecular flexibility index (Phi) is 4.43. The second-order valence-electron chi connectivity index (χ2n) is 6.72. The van der Waals surface area contributed by atoms with Crippen molar-refractivity contribution in [3.8, 4) is 5.75 Å². The van der Waals surface area contributed by atoms with E-state index in [0.717, 1.165) is 36.1 Å². The van der Waals surface area contributed by atoms with E-state index in [2.05, 4.69) is 39.8 Å². The lowest BCUT2D eigenvalue weighted by atomic mass is 9.70. The molecule has 2 rings (SSSR count). The van der Waals surface area contributed by atoms with Crippen molar-refractivity contribution < 1.29 is 9.84 Å². The van der Waals surface area contributed by atoms with Crippen LogP contribution in [0, 0.1) is 25.7 Å². The molecule has 2 unspecified atom stereocenters. The molecule has 1 aromatic carbocycles. The van der Waals surface area contributed by atoms with Crippen LogP contribution in [0.25, 0.3) is 0 Å². The van der Waals surface area contributed by atoms with Crippen molar-refractivity contribution in [3.63, 3.8) is 0 Å². The molecule has 1 saturated carbocycles. The molecule has 0 aromatic heterocycles. The van der Waals surface area contributed by atoms with Crippen molar-refractivity contribution in [3.05, 3.63) is 28.8 Å². The first kappa shape index (κ1) is 15.4. The Hall–Kier alpha value is -1.02. The Labute approximate surface area is 123 Å². The lowest BCUT2D eigenvalue weighted by molar-refractivity contribution is -0.0311. The van der Waals surface area contributed by atoms with Gasteiger partial charge in [0.2, 0.25) is 0 Å². The van der Waals surface area contributed by atoms with Gasteiger partial charge in [-0.15, -0.1) is 0 Å². The first-order chi connectivity index (χ1) is 9.39. The molecule has 2 atom stereocenters. The zero-order valence-corrected chi connectivity index (χ0v) is 13.5. The highest BCUT2D eigenvalue weighted by Crippen LogP contribution is 2.46. The van der Waals surface area contributed by atoms with Crippen LogP contribution in [-0.4, -0.2) is 12.2 Å². The third kappa shape index (κ3) is 2.71. The standard InChI is InChI=1S/C18H28O2/c1-12(2)15-7-6-10-18(19,11-15)16-9-8-13(3)14(4)17(16)20-5/h8-9,12,15,19H,6-7,10-11H2,1-5H3. The Morgan fingerprint density at radius 3 is 2.60 bits per heavy atom. The third-order valence-electron chi connectivity index (χ3n) is 5.09. The number of aryl methyl sites for hydroxylation is 1. The largest absolute Gasteiger partial charge is 0.496 e. The van der Waals surface area contributed by atoms with Crippen LogP contribution >= 0.6 is 0 Å². The molecule has 0 heterocycles. The summed E-state index contributed by atoms with van der Waals surface area (Å²) in [5.74, 6) is 2.09. The van der Waals surface area contributed by atoms with E-state index in [1.807, 2.05) is 0 Å². The van der Waals surface area contributed by atoms with Gasteiger partial charge in [0.1, 0.15) is 5.75 Å². The Morgan fingerprint density at radius 2 is 2.00 bits per heavy atom. The molecule has 0 saturated heterocycles. The molecule has 1 aliphatic carbocycles. The first-order valence-corrected chi connectivity index (χ1v) is 7.76. The quantitative estimate of drug-likeness (QED) is 0.889. The van der Waals surface area contributed by atoms with Crippen molar-refractivity contribution in [2.75, 3.05) is 7.11 Å². The fraction of sp³-hybridized carbons (Fsp3) is 0.667. The number of ether oxygens (including phenoxy) is 1. The normalized spacial score (nSPS) is 26.9. The first-order valence-electron chi connectivity index (χ1n) is 7.76. The van der Waals surface area contributed by atoms with Gasteiger partial charge in [0.15, 0.2) is 0 Å². The Morgan fingerprint density at radius 1 is 1.30 bits per heavy atom. The summed E-state index contributed by atoms with van der Waals surface area (Å²) in [5.41, 5.74) is 2.61. The summed E-state index contributed by atoms with van der Waals surface area (Å²) < 4.78 is 5.61. The van der Waals surface area contributed by atoms with Crippen molar-refractivity contribution in [2.45, 2.75) is 59.0 Å². The lowest BCUT2D eigenvalue weighted by Gasteiger charge is -2.39. The molecule has 0 spiro atoms. The molecule has 1 N–H and O–H groups in total. The van der Waals surface area contributed by atoms with Crippen LogP contribution in [0.5, 0.6) is 5.75 Å². The number of hydrogen-bond acceptors (Lipinski definition) is 2. The maximum Gasteiger partial charge on any atom is 0.128 e. The Balaban J connectivity index is 2.41. The van der Waals surface area contributed by atoms with Gasteiger partial charge in [0.05, 0.1) is 12.7 Å². The predicted molar refractivity (Wildman–Crippen MR) is 83.2 cm³/mol. The zero-order valence-electron chi connectivity index (χ0n) is 13.5. The van der Waals surface area contributed by atoms with Gasteiger partial charge in [-0.1, -0.05) is 26.0 Å².